The van der Waals surface area contributed by atoms with Crippen LogP contribution in [0.2, 0.25) is 0 Å². The molecule has 0 fully saturated rings. The molecule has 1 atom stereocenters. The van der Waals surface area contributed by atoms with Crippen molar-refractivity contribution in [1.82, 2.24) is 5.32 Å². The first kappa shape index (κ1) is 14.8. The highest BCUT2D eigenvalue weighted by Gasteiger charge is 2.14. The number of nitrogens with zero attached hydrogens (tertiary/aromatic N) is 1. The Hall–Kier alpha value is -1.22. The fraction of sp³-hybridized carbons (Fsp3) is 0.600. The predicted molar refractivity (Wildman–Crippen MR) is 78.6 cm³/mol. The van der Waals surface area contributed by atoms with E-state index in [9.17, 15) is 0 Å². The van der Waals surface area contributed by atoms with Crippen molar-refractivity contribution in [1.29, 1.82) is 0 Å². The van der Waals surface area contributed by atoms with E-state index in [1.165, 1.54) is 5.69 Å². The molecule has 1 aromatic rings. The molecule has 0 aliphatic rings. The van der Waals surface area contributed by atoms with Crippen LogP contribution in [0.15, 0.2) is 24.3 Å². The average molecular weight is 250 g/mol. The second-order valence-corrected chi connectivity index (χ2v) is 5.79. The molecule has 1 N–H and O–H groups in total. The fourth-order valence-corrected chi connectivity index (χ4v) is 1.68. The van der Waals surface area contributed by atoms with Gasteiger partial charge in [-0.1, -0.05) is 6.07 Å². The minimum absolute atomic E-state index is 0.156. The smallest absolute Gasteiger partial charge is 0.120 e. The molecule has 102 valence electrons. The SMILES string of the molecule is COc1cccc(N(C)C(C)CNC(C)(C)C)c1. The van der Waals surface area contributed by atoms with E-state index < -0.39 is 0 Å². The molecular formula is C15H26N2O. The van der Waals surface area contributed by atoms with E-state index in [1.807, 2.05) is 12.1 Å². The lowest BCUT2D eigenvalue weighted by molar-refractivity contribution is 0.406. The third-order valence-electron chi connectivity index (χ3n) is 3.05. The molecule has 0 bridgehead atoms. The Labute approximate surface area is 111 Å². The molecule has 1 aromatic carbocycles. The van der Waals surface area contributed by atoms with Gasteiger partial charge >= 0.3 is 0 Å². The summed E-state index contributed by atoms with van der Waals surface area (Å²) in [5.41, 5.74) is 1.33. The van der Waals surface area contributed by atoms with E-state index in [0.29, 0.717) is 6.04 Å². The highest BCUT2D eigenvalue weighted by atomic mass is 16.5. The van der Waals surface area contributed by atoms with Crippen LogP contribution in [-0.4, -0.2) is 32.3 Å². The van der Waals surface area contributed by atoms with Crippen LogP contribution in [0, 0.1) is 0 Å². The van der Waals surface area contributed by atoms with Gasteiger partial charge in [-0.05, 0) is 39.8 Å². The Morgan fingerprint density at radius 3 is 2.56 bits per heavy atom. The number of methoxy groups -OCH3 is 1. The lowest BCUT2D eigenvalue weighted by Crippen LogP contribution is -2.45. The van der Waals surface area contributed by atoms with Crippen LogP contribution in [0.25, 0.3) is 0 Å². The van der Waals surface area contributed by atoms with E-state index in [4.69, 9.17) is 4.74 Å². The standard InChI is InChI=1S/C15H26N2O/c1-12(11-16-15(2,3)4)17(5)13-8-7-9-14(10-13)18-6/h7-10,12,16H,11H2,1-6H3. The zero-order chi connectivity index (χ0) is 13.8. The number of ether oxygens (including phenoxy) is 1. The first-order chi connectivity index (χ1) is 8.33. The molecule has 1 unspecified atom stereocenters. The fourth-order valence-electron chi connectivity index (χ4n) is 1.68. The number of benzene rings is 1. The molecule has 0 saturated heterocycles. The van der Waals surface area contributed by atoms with Crippen LogP contribution in [0.5, 0.6) is 5.75 Å². The number of anilines is 1. The summed E-state index contributed by atoms with van der Waals surface area (Å²) in [4.78, 5) is 2.27. The normalized spacial score (nSPS) is 13.2. The van der Waals surface area contributed by atoms with E-state index in [0.717, 1.165) is 12.3 Å². The summed E-state index contributed by atoms with van der Waals surface area (Å²) >= 11 is 0. The monoisotopic (exact) mass is 250 g/mol. The Bertz CT molecular complexity index is 371. The van der Waals surface area contributed by atoms with Crippen molar-refractivity contribution in [3.05, 3.63) is 24.3 Å². The Balaban J connectivity index is 2.64. The van der Waals surface area contributed by atoms with Crippen LogP contribution in [0.3, 0.4) is 0 Å². The number of hydrogen-bond donors (Lipinski definition) is 1. The summed E-state index contributed by atoms with van der Waals surface area (Å²) in [5.74, 6) is 0.898. The van der Waals surface area contributed by atoms with Gasteiger partial charge in [-0.2, -0.15) is 0 Å². The summed E-state index contributed by atoms with van der Waals surface area (Å²) in [6, 6.07) is 8.59. The molecular weight excluding hydrogens is 224 g/mol. The van der Waals surface area contributed by atoms with Crippen LogP contribution >= 0.6 is 0 Å². The van der Waals surface area contributed by atoms with E-state index in [-0.39, 0.29) is 5.54 Å². The maximum atomic E-state index is 5.26. The van der Waals surface area contributed by atoms with Crippen molar-refractivity contribution in [2.24, 2.45) is 0 Å². The molecule has 1 rings (SSSR count). The van der Waals surface area contributed by atoms with Gasteiger partial charge in [-0.15, -0.1) is 0 Å². The number of rotatable bonds is 5. The second-order valence-electron chi connectivity index (χ2n) is 5.79. The Kier molecular flexibility index (Phi) is 5.03. The summed E-state index contributed by atoms with van der Waals surface area (Å²) in [6.45, 7) is 9.73. The minimum Gasteiger partial charge on any atom is -0.497 e. The lowest BCUT2D eigenvalue weighted by Gasteiger charge is -2.30. The molecule has 0 saturated carbocycles. The van der Waals surface area contributed by atoms with Gasteiger partial charge in [-0.25, -0.2) is 0 Å². The lowest BCUT2D eigenvalue weighted by atomic mass is 10.1. The molecule has 18 heavy (non-hydrogen) atoms. The quantitative estimate of drug-likeness (QED) is 0.869. The minimum atomic E-state index is 0.156. The molecule has 0 aliphatic carbocycles. The number of likely N-dealkylation sites (N-methyl/N-ethyl adjacent to an activating group) is 1. The van der Waals surface area contributed by atoms with Crippen molar-refractivity contribution in [3.63, 3.8) is 0 Å². The molecule has 3 heteroatoms. The molecule has 0 aromatic heterocycles. The van der Waals surface area contributed by atoms with Crippen molar-refractivity contribution in [2.75, 3.05) is 25.6 Å². The third-order valence-corrected chi connectivity index (χ3v) is 3.05. The van der Waals surface area contributed by atoms with Crippen molar-refractivity contribution >= 4 is 5.69 Å². The summed E-state index contributed by atoms with van der Waals surface area (Å²) in [6.07, 6.45) is 0. The van der Waals surface area contributed by atoms with Gasteiger partial charge in [0.1, 0.15) is 5.75 Å². The van der Waals surface area contributed by atoms with Crippen molar-refractivity contribution < 1.29 is 4.74 Å². The predicted octanol–water partition coefficient (Wildman–Crippen LogP) is 2.91. The average Bonchev–Trinajstić information content (AvgIpc) is 2.34. The summed E-state index contributed by atoms with van der Waals surface area (Å²) in [7, 11) is 3.81. The summed E-state index contributed by atoms with van der Waals surface area (Å²) in [5, 5.41) is 3.53. The van der Waals surface area contributed by atoms with Crippen LogP contribution in [-0.2, 0) is 0 Å². The van der Waals surface area contributed by atoms with E-state index >= 15 is 0 Å². The van der Waals surface area contributed by atoms with Crippen LogP contribution < -0.4 is 15.0 Å². The van der Waals surface area contributed by atoms with Crippen LogP contribution in [0.1, 0.15) is 27.7 Å². The topological polar surface area (TPSA) is 24.5 Å². The first-order valence-corrected chi connectivity index (χ1v) is 6.45. The highest BCUT2D eigenvalue weighted by Crippen LogP contribution is 2.21. The molecule has 0 heterocycles. The van der Waals surface area contributed by atoms with Gasteiger partial charge < -0.3 is 15.0 Å². The molecule has 3 nitrogen and oxygen atoms in total. The van der Waals surface area contributed by atoms with Gasteiger partial charge in [0, 0.05) is 36.9 Å². The molecule has 0 amide bonds. The van der Waals surface area contributed by atoms with Gasteiger partial charge in [0.25, 0.3) is 0 Å². The zero-order valence-corrected chi connectivity index (χ0v) is 12.4. The maximum absolute atomic E-state index is 5.26. The van der Waals surface area contributed by atoms with Crippen LogP contribution in [0.4, 0.5) is 5.69 Å². The molecule has 0 aliphatic heterocycles. The second kappa shape index (κ2) is 6.10. The zero-order valence-electron chi connectivity index (χ0n) is 12.4. The molecule has 0 spiro atoms. The number of nitrogens with one attached hydrogen (secondary N) is 1. The Morgan fingerprint density at radius 1 is 1.33 bits per heavy atom. The van der Waals surface area contributed by atoms with E-state index in [2.05, 4.69) is 57.1 Å². The van der Waals surface area contributed by atoms with Gasteiger partial charge in [0.2, 0.25) is 0 Å². The highest BCUT2D eigenvalue weighted by molar-refractivity contribution is 5.50. The maximum Gasteiger partial charge on any atom is 0.120 e. The Morgan fingerprint density at radius 2 is 2.00 bits per heavy atom. The third kappa shape index (κ3) is 4.57. The number of hydrogen-bond acceptors (Lipinski definition) is 3. The van der Waals surface area contributed by atoms with Gasteiger partial charge in [-0.3, -0.25) is 0 Å². The van der Waals surface area contributed by atoms with Crippen molar-refractivity contribution in [3.8, 4) is 5.75 Å². The first-order valence-electron chi connectivity index (χ1n) is 6.45. The van der Waals surface area contributed by atoms with E-state index in [1.54, 1.807) is 7.11 Å². The van der Waals surface area contributed by atoms with Gasteiger partial charge in [0.05, 0.1) is 7.11 Å². The van der Waals surface area contributed by atoms with Gasteiger partial charge in [0.15, 0.2) is 0 Å². The van der Waals surface area contributed by atoms with Crippen molar-refractivity contribution in [2.45, 2.75) is 39.3 Å². The largest absolute Gasteiger partial charge is 0.497 e. The summed E-state index contributed by atoms with van der Waals surface area (Å²) < 4.78 is 5.26. The molecule has 0 radical (unpaired) electrons.